The SMILES string of the molecule is O=C1c2ccccc2S(=O)(=O)c2ccc(-c3cc(C(=C(c4ccccc4)c4ccccc4)c4ccccc4)ccc3-c3ccc(C(=C(c4ccccc4)c4ccccc4)c4ccccc4)cc3)cc21. The number of carbonyl (C=O) groups excluding carboxylic acids is 1. The van der Waals surface area contributed by atoms with Gasteiger partial charge < -0.3 is 0 Å². The van der Waals surface area contributed by atoms with Crippen molar-refractivity contribution in [2.45, 2.75) is 9.79 Å². The summed E-state index contributed by atoms with van der Waals surface area (Å²) in [6.07, 6.45) is 0. The number of carbonyl (C=O) groups is 1. The summed E-state index contributed by atoms with van der Waals surface area (Å²) in [7, 11) is -3.94. The quantitative estimate of drug-likeness (QED) is 0.129. The smallest absolute Gasteiger partial charge is 0.208 e. The van der Waals surface area contributed by atoms with Crippen LogP contribution in [0.5, 0.6) is 0 Å². The van der Waals surface area contributed by atoms with Crippen molar-refractivity contribution in [3.63, 3.8) is 0 Å². The molecule has 0 spiro atoms. The Morgan fingerprint density at radius 2 is 0.580 bits per heavy atom. The summed E-state index contributed by atoms with van der Waals surface area (Å²) < 4.78 is 28.2. The van der Waals surface area contributed by atoms with Crippen molar-refractivity contribution in [1.29, 1.82) is 0 Å². The van der Waals surface area contributed by atoms with Gasteiger partial charge in [0.25, 0.3) is 0 Å². The third-order valence-electron chi connectivity index (χ3n) is 12.9. The Bertz CT molecular complexity index is 3590. The molecule has 0 fully saturated rings. The molecule has 0 bridgehead atoms. The highest BCUT2D eigenvalue weighted by Crippen LogP contribution is 2.44. The molecule has 1 heterocycles. The van der Waals surface area contributed by atoms with Crippen LogP contribution in [0, 0.1) is 0 Å². The topological polar surface area (TPSA) is 51.2 Å². The van der Waals surface area contributed by atoms with Gasteiger partial charge in [-0.3, -0.25) is 4.79 Å². The fourth-order valence-corrected chi connectivity index (χ4v) is 11.4. The van der Waals surface area contributed by atoms with E-state index in [4.69, 9.17) is 0 Å². The van der Waals surface area contributed by atoms with Gasteiger partial charge in [0.15, 0.2) is 5.78 Å². The van der Waals surface area contributed by atoms with Crippen molar-refractivity contribution in [3.8, 4) is 22.3 Å². The predicted octanol–water partition coefficient (Wildman–Crippen LogP) is 15.4. The van der Waals surface area contributed by atoms with Gasteiger partial charge in [0.05, 0.1) is 9.79 Å². The number of fused-ring (bicyclic) bond motifs is 2. The van der Waals surface area contributed by atoms with Gasteiger partial charge in [0.1, 0.15) is 0 Å². The first-order valence-electron chi connectivity index (χ1n) is 23.0. The van der Waals surface area contributed by atoms with Gasteiger partial charge in [-0.1, -0.05) is 237 Å². The fraction of sp³-hybridized carbons (Fsp3) is 0. The average molecular weight is 905 g/mol. The first-order chi connectivity index (χ1) is 33.9. The molecule has 1 aliphatic rings. The van der Waals surface area contributed by atoms with E-state index in [-0.39, 0.29) is 26.7 Å². The molecule has 0 aromatic heterocycles. The summed E-state index contributed by atoms with van der Waals surface area (Å²) in [4.78, 5) is 14.4. The van der Waals surface area contributed by atoms with E-state index in [1.165, 1.54) is 6.07 Å². The summed E-state index contributed by atoms with van der Waals surface area (Å²) in [6.45, 7) is 0. The molecule has 0 atom stereocenters. The molecule has 10 aromatic rings. The fourth-order valence-electron chi connectivity index (χ4n) is 9.72. The lowest BCUT2D eigenvalue weighted by molar-refractivity contribution is 0.103. The van der Waals surface area contributed by atoms with Gasteiger partial charge in [-0.25, -0.2) is 8.42 Å². The van der Waals surface area contributed by atoms with Gasteiger partial charge in [-0.05, 0) is 119 Å². The molecule has 0 aliphatic carbocycles. The lowest BCUT2D eigenvalue weighted by Crippen LogP contribution is -2.20. The van der Waals surface area contributed by atoms with Gasteiger partial charge >= 0.3 is 0 Å². The molecule has 0 saturated carbocycles. The Hall–Kier alpha value is -8.70. The van der Waals surface area contributed by atoms with Gasteiger partial charge in [0, 0.05) is 11.1 Å². The predicted molar refractivity (Wildman–Crippen MR) is 281 cm³/mol. The van der Waals surface area contributed by atoms with E-state index in [0.29, 0.717) is 0 Å². The second-order valence-corrected chi connectivity index (χ2v) is 19.0. The Kier molecular flexibility index (Phi) is 11.5. The Morgan fingerprint density at radius 1 is 0.246 bits per heavy atom. The van der Waals surface area contributed by atoms with Crippen LogP contribution in [-0.4, -0.2) is 14.2 Å². The minimum Gasteiger partial charge on any atom is -0.289 e. The molecular formula is C65H44O3S. The number of rotatable bonds is 10. The van der Waals surface area contributed by atoms with Crippen LogP contribution in [0.1, 0.15) is 60.4 Å². The normalized spacial score (nSPS) is 12.3. The van der Waals surface area contributed by atoms with Crippen LogP contribution < -0.4 is 0 Å². The van der Waals surface area contributed by atoms with E-state index in [2.05, 4.69) is 188 Å². The van der Waals surface area contributed by atoms with Crippen molar-refractivity contribution in [2.24, 2.45) is 0 Å². The lowest BCUT2D eigenvalue weighted by Gasteiger charge is -2.22. The van der Waals surface area contributed by atoms with Crippen LogP contribution in [0.3, 0.4) is 0 Å². The molecule has 11 rings (SSSR count). The molecule has 4 heteroatoms. The summed E-state index contributed by atoms with van der Waals surface area (Å²) in [6, 6.07) is 90.0. The summed E-state index contributed by atoms with van der Waals surface area (Å²) in [5, 5.41) is 0. The van der Waals surface area contributed by atoms with Gasteiger partial charge in [-0.15, -0.1) is 0 Å². The minimum atomic E-state index is -3.94. The average Bonchev–Trinajstić information content (AvgIpc) is 3.42. The van der Waals surface area contributed by atoms with Crippen molar-refractivity contribution >= 4 is 37.9 Å². The van der Waals surface area contributed by atoms with E-state index in [9.17, 15) is 13.2 Å². The van der Waals surface area contributed by atoms with E-state index < -0.39 is 9.84 Å². The number of hydrogen-bond donors (Lipinski definition) is 0. The van der Waals surface area contributed by atoms with Crippen LogP contribution in [0.2, 0.25) is 0 Å². The van der Waals surface area contributed by atoms with Crippen molar-refractivity contribution in [1.82, 2.24) is 0 Å². The second kappa shape index (κ2) is 18.5. The molecule has 1 aliphatic heterocycles. The van der Waals surface area contributed by atoms with E-state index in [1.54, 1.807) is 30.3 Å². The minimum absolute atomic E-state index is 0.0187. The monoisotopic (exact) mass is 904 g/mol. The Morgan fingerprint density at radius 3 is 1.01 bits per heavy atom. The second-order valence-electron chi connectivity index (χ2n) is 17.1. The third kappa shape index (κ3) is 8.18. The van der Waals surface area contributed by atoms with E-state index >= 15 is 0 Å². The van der Waals surface area contributed by atoms with Crippen molar-refractivity contribution in [2.75, 3.05) is 0 Å². The molecule has 0 saturated heterocycles. The number of hydrogen-bond acceptors (Lipinski definition) is 3. The van der Waals surface area contributed by atoms with Crippen LogP contribution >= 0.6 is 0 Å². The van der Waals surface area contributed by atoms with Crippen LogP contribution in [0.15, 0.2) is 277 Å². The van der Waals surface area contributed by atoms with E-state index in [1.807, 2.05) is 42.5 Å². The zero-order valence-corrected chi connectivity index (χ0v) is 38.4. The van der Waals surface area contributed by atoms with Crippen LogP contribution in [0.4, 0.5) is 0 Å². The van der Waals surface area contributed by atoms with Crippen molar-refractivity contribution in [3.05, 3.63) is 323 Å². The lowest BCUT2D eigenvalue weighted by atomic mass is 9.83. The highest BCUT2D eigenvalue weighted by molar-refractivity contribution is 7.91. The highest BCUT2D eigenvalue weighted by atomic mass is 32.2. The molecule has 328 valence electrons. The van der Waals surface area contributed by atoms with Crippen molar-refractivity contribution < 1.29 is 13.2 Å². The summed E-state index contributed by atoms with van der Waals surface area (Å²) in [5.41, 5.74) is 16.7. The van der Waals surface area contributed by atoms with Gasteiger partial charge in [-0.2, -0.15) is 0 Å². The summed E-state index contributed by atoms with van der Waals surface area (Å²) >= 11 is 0. The van der Waals surface area contributed by atoms with Crippen LogP contribution in [0.25, 0.3) is 44.5 Å². The standard InChI is InChI=1S/C65H44O3S/c66-65-56-33-19-20-34-59(56)69(67,68)60-42-40-53(43-58(60)65)57-44-54(64(51-31-17-6-18-32-51)62(48-25-11-3-12-26-48)49-27-13-4-14-28-49)39-41-55(57)45-35-37-52(38-36-45)63(50-29-15-5-16-30-50)61(46-21-7-1-8-22-46)47-23-9-2-10-24-47/h1-44H. The largest absolute Gasteiger partial charge is 0.289 e. The molecule has 0 N–H and O–H groups in total. The molecule has 10 aromatic carbocycles. The number of sulfone groups is 1. The van der Waals surface area contributed by atoms with Crippen LogP contribution in [-0.2, 0) is 9.84 Å². The molecule has 3 nitrogen and oxygen atoms in total. The third-order valence-corrected chi connectivity index (χ3v) is 14.8. The Balaban J connectivity index is 1.15. The van der Waals surface area contributed by atoms with E-state index in [0.717, 1.165) is 89.1 Å². The Labute approximate surface area is 403 Å². The first-order valence-corrected chi connectivity index (χ1v) is 24.5. The first kappa shape index (κ1) is 42.9. The maximum atomic E-state index is 14.3. The zero-order chi connectivity index (χ0) is 46.7. The number of benzene rings is 10. The van der Waals surface area contributed by atoms with Gasteiger partial charge in [0.2, 0.25) is 9.84 Å². The summed E-state index contributed by atoms with van der Waals surface area (Å²) in [5.74, 6) is -0.312. The molecule has 0 unspecified atom stereocenters. The number of ketones is 1. The molecular weight excluding hydrogens is 861 g/mol. The highest BCUT2D eigenvalue weighted by Gasteiger charge is 2.35. The maximum absolute atomic E-state index is 14.3. The zero-order valence-electron chi connectivity index (χ0n) is 37.5. The molecule has 0 radical (unpaired) electrons. The molecule has 69 heavy (non-hydrogen) atoms. The maximum Gasteiger partial charge on any atom is 0.208 e. The molecule has 0 amide bonds.